The molecule has 2 aromatic rings. The highest BCUT2D eigenvalue weighted by Crippen LogP contribution is 2.28. The molecule has 0 spiro atoms. The summed E-state index contributed by atoms with van der Waals surface area (Å²) in [5.74, 6) is 2.10. The van der Waals surface area contributed by atoms with Crippen molar-refractivity contribution in [2.75, 3.05) is 19.0 Å². The first-order valence-corrected chi connectivity index (χ1v) is 6.67. The maximum Gasteiger partial charge on any atom is 0.161 e. The van der Waals surface area contributed by atoms with Crippen molar-refractivity contribution >= 4 is 5.82 Å². The van der Waals surface area contributed by atoms with Gasteiger partial charge in [0.25, 0.3) is 0 Å². The maximum absolute atomic E-state index is 8.83. The number of nitrogens with zero attached hydrogens (tertiary/aromatic N) is 2. The summed E-state index contributed by atoms with van der Waals surface area (Å²) in [4.78, 5) is 4.17. The van der Waals surface area contributed by atoms with E-state index in [0.29, 0.717) is 30.4 Å². The largest absolute Gasteiger partial charge is 0.493 e. The summed E-state index contributed by atoms with van der Waals surface area (Å²) >= 11 is 0. The highest BCUT2D eigenvalue weighted by Gasteiger charge is 2.05. The monoisotopic (exact) mass is 283 g/mol. The molecule has 108 valence electrons. The quantitative estimate of drug-likeness (QED) is 0.882. The average molecular weight is 283 g/mol. The first-order chi connectivity index (χ1) is 10.3. The number of anilines is 1. The molecule has 0 aliphatic heterocycles. The zero-order chi connectivity index (χ0) is 15.1. The lowest BCUT2D eigenvalue weighted by Crippen LogP contribution is -2.03. The molecule has 0 fully saturated rings. The van der Waals surface area contributed by atoms with Crippen molar-refractivity contribution in [3.8, 4) is 17.6 Å². The third kappa shape index (κ3) is 3.86. The molecule has 1 heterocycles. The Bertz CT molecular complexity index is 650. The molecule has 0 amide bonds. The molecular formula is C16H17N3O2. The Labute approximate surface area is 124 Å². The van der Waals surface area contributed by atoms with E-state index in [1.54, 1.807) is 19.2 Å². The zero-order valence-electron chi connectivity index (χ0n) is 12.1. The Balaban J connectivity index is 2.09. The molecule has 0 bridgehead atoms. The summed E-state index contributed by atoms with van der Waals surface area (Å²) < 4.78 is 10.8. The normalized spacial score (nSPS) is 9.76. The molecule has 1 aromatic heterocycles. The number of rotatable bonds is 6. The van der Waals surface area contributed by atoms with E-state index in [-0.39, 0.29) is 0 Å². The second-order valence-corrected chi connectivity index (χ2v) is 4.29. The second-order valence-electron chi connectivity index (χ2n) is 4.29. The number of nitrogens with one attached hydrogen (secondary N) is 1. The highest BCUT2D eigenvalue weighted by atomic mass is 16.5. The van der Waals surface area contributed by atoms with E-state index in [0.717, 1.165) is 11.3 Å². The van der Waals surface area contributed by atoms with Gasteiger partial charge < -0.3 is 14.8 Å². The van der Waals surface area contributed by atoms with Gasteiger partial charge in [-0.25, -0.2) is 4.98 Å². The summed E-state index contributed by atoms with van der Waals surface area (Å²) in [6.45, 7) is 3.10. The van der Waals surface area contributed by atoms with Crippen LogP contribution in [0.25, 0.3) is 0 Å². The number of hydrogen-bond acceptors (Lipinski definition) is 5. The number of hydrogen-bond donors (Lipinski definition) is 1. The van der Waals surface area contributed by atoms with Gasteiger partial charge in [-0.1, -0.05) is 12.1 Å². The van der Waals surface area contributed by atoms with Crippen molar-refractivity contribution in [2.24, 2.45) is 0 Å². The highest BCUT2D eigenvalue weighted by molar-refractivity contribution is 5.45. The Morgan fingerprint density at radius 3 is 2.81 bits per heavy atom. The number of benzene rings is 1. The molecule has 0 saturated heterocycles. The molecule has 0 unspecified atom stereocenters. The van der Waals surface area contributed by atoms with Crippen molar-refractivity contribution < 1.29 is 9.47 Å². The van der Waals surface area contributed by atoms with E-state index >= 15 is 0 Å². The molecule has 1 N–H and O–H groups in total. The molecule has 5 nitrogen and oxygen atoms in total. The second kappa shape index (κ2) is 7.15. The minimum atomic E-state index is 0.393. The van der Waals surface area contributed by atoms with E-state index in [1.807, 2.05) is 37.3 Å². The summed E-state index contributed by atoms with van der Waals surface area (Å²) in [6, 6.07) is 13.1. The molecule has 1 aromatic carbocycles. The minimum Gasteiger partial charge on any atom is -0.493 e. The lowest BCUT2D eigenvalue weighted by molar-refractivity contribution is 0.310. The lowest BCUT2D eigenvalue weighted by Gasteiger charge is -2.12. The minimum absolute atomic E-state index is 0.393. The van der Waals surface area contributed by atoms with Crippen molar-refractivity contribution in [1.82, 2.24) is 4.98 Å². The van der Waals surface area contributed by atoms with Crippen LogP contribution in [0.5, 0.6) is 11.5 Å². The third-order valence-electron chi connectivity index (χ3n) is 2.87. The van der Waals surface area contributed by atoms with Crippen LogP contribution in [0.15, 0.2) is 36.4 Å². The van der Waals surface area contributed by atoms with E-state index in [2.05, 4.69) is 10.3 Å². The Kier molecular flexibility index (Phi) is 4.99. The molecule has 0 atom stereocenters. The summed E-state index contributed by atoms with van der Waals surface area (Å²) in [5, 5.41) is 12.0. The van der Waals surface area contributed by atoms with Gasteiger partial charge in [-0.15, -0.1) is 0 Å². The molecule has 0 radical (unpaired) electrons. The molecule has 21 heavy (non-hydrogen) atoms. The Morgan fingerprint density at radius 2 is 2.10 bits per heavy atom. The topological polar surface area (TPSA) is 67.2 Å². The lowest BCUT2D eigenvalue weighted by atomic mass is 10.2. The van der Waals surface area contributed by atoms with Gasteiger partial charge in [0.2, 0.25) is 0 Å². The Morgan fingerprint density at radius 1 is 1.24 bits per heavy atom. The van der Waals surface area contributed by atoms with Gasteiger partial charge in [-0.05, 0) is 36.8 Å². The number of nitriles is 1. The molecule has 2 rings (SSSR count). The fourth-order valence-electron chi connectivity index (χ4n) is 1.89. The third-order valence-corrected chi connectivity index (χ3v) is 2.87. The molecular weight excluding hydrogens is 266 g/mol. The van der Waals surface area contributed by atoms with Gasteiger partial charge in [0, 0.05) is 6.54 Å². The summed E-state index contributed by atoms with van der Waals surface area (Å²) in [5.41, 5.74) is 1.44. The van der Waals surface area contributed by atoms with Gasteiger partial charge in [0.15, 0.2) is 11.5 Å². The van der Waals surface area contributed by atoms with Crippen LogP contribution in [-0.2, 0) is 6.54 Å². The van der Waals surface area contributed by atoms with Gasteiger partial charge in [-0.2, -0.15) is 5.26 Å². The molecule has 0 aliphatic carbocycles. The van der Waals surface area contributed by atoms with Crippen LogP contribution < -0.4 is 14.8 Å². The van der Waals surface area contributed by atoms with Gasteiger partial charge in [0.05, 0.1) is 13.7 Å². The van der Waals surface area contributed by atoms with Crippen LogP contribution in [0.2, 0.25) is 0 Å². The van der Waals surface area contributed by atoms with Crippen LogP contribution >= 0.6 is 0 Å². The number of aromatic nitrogens is 1. The zero-order valence-corrected chi connectivity index (χ0v) is 12.1. The molecule has 5 heteroatoms. The first-order valence-electron chi connectivity index (χ1n) is 6.67. The van der Waals surface area contributed by atoms with Gasteiger partial charge in [0.1, 0.15) is 17.6 Å². The standard InChI is InChI=1S/C16H17N3O2/c1-3-21-15-9-12(7-8-14(15)20-2)11-18-16-6-4-5-13(10-17)19-16/h4-9H,3,11H2,1-2H3,(H,18,19). The van der Waals surface area contributed by atoms with E-state index < -0.39 is 0 Å². The maximum atomic E-state index is 8.83. The smallest absolute Gasteiger partial charge is 0.161 e. The van der Waals surface area contributed by atoms with Crippen molar-refractivity contribution in [3.63, 3.8) is 0 Å². The van der Waals surface area contributed by atoms with Crippen molar-refractivity contribution in [3.05, 3.63) is 47.7 Å². The molecule has 0 saturated carbocycles. The van der Waals surface area contributed by atoms with Crippen LogP contribution in [0.1, 0.15) is 18.2 Å². The summed E-state index contributed by atoms with van der Waals surface area (Å²) in [7, 11) is 1.62. The van der Waals surface area contributed by atoms with E-state index in [1.165, 1.54) is 0 Å². The van der Waals surface area contributed by atoms with E-state index in [9.17, 15) is 0 Å². The fraction of sp³-hybridized carbons (Fsp3) is 0.250. The first kappa shape index (κ1) is 14.7. The Hall–Kier alpha value is -2.74. The van der Waals surface area contributed by atoms with E-state index in [4.69, 9.17) is 14.7 Å². The SMILES string of the molecule is CCOc1cc(CNc2cccc(C#N)n2)ccc1OC. The van der Waals surface area contributed by atoms with Crippen LogP contribution in [0.4, 0.5) is 5.82 Å². The molecule has 0 aliphatic rings. The number of pyridine rings is 1. The van der Waals surface area contributed by atoms with Gasteiger partial charge in [-0.3, -0.25) is 0 Å². The average Bonchev–Trinajstić information content (AvgIpc) is 2.53. The van der Waals surface area contributed by atoms with Crippen LogP contribution in [0.3, 0.4) is 0 Å². The summed E-state index contributed by atoms with van der Waals surface area (Å²) in [6.07, 6.45) is 0. The van der Waals surface area contributed by atoms with Crippen LogP contribution in [-0.4, -0.2) is 18.7 Å². The predicted octanol–water partition coefficient (Wildman–Crippen LogP) is 2.97. The number of ether oxygens (including phenoxy) is 2. The fourth-order valence-corrected chi connectivity index (χ4v) is 1.89. The predicted molar refractivity (Wildman–Crippen MR) is 80.4 cm³/mol. The van der Waals surface area contributed by atoms with Crippen molar-refractivity contribution in [2.45, 2.75) is 13.5 Å². The van der Waals surface area contributed by atoms with Crippen molar-refractivity contribution in [1.29, 1.82) is 5.26 Å². The van der Waals surface area contributed by atoms with Gasteiger partial charge >= 0.3 is 0 Å². The van der Waals surface area contributed by atoms with Crippen LogP contribution in [0, 0.1) is 11.3 Å². The number of methoxy groups -OCH3 is 1.